The molecule has 0 bridgehead atoms. The molecule has 23 heavy (non-hydrogen) atoms. The van der Waals surface area contributed by atoms with Crippen LogP contribution in [0.4, 0.5) is 0 Å². The lowest BCUT2D eigenvalue weighted by Gasteiger charge is -2.07. The highest BCUT2D eigenvalue weighted by atomic mass is 16.5. The minimum absolute atomic E-state index is 0.0232. The molecule has 9 heteroatoms. The quantitative estimate of drug-likeness (QED) is 0.592. The van der Waals surface area contributed by atoms with Gasteiger partial charge in [0.05, 0.1) is 5.52 Å². The molecule has 0 spiro atoms. The number of ether oxygens (including phenoxy) is 1. The molecule has 0 amide bonds. The number of carboxylic acid groups (broad SMARTS) is 1. The smallest absolute Gasteiger partial charge is 0.357 e. The van der Waals surface area contributed by atoms with Gasteiger partial charge >= 0.3 is 5.97 Å². The second kappa shape index (κ2) is 4.77. The van der Waals surface area contributed by atoms with Gasteiger partial charge in [-0.1, -0.05) is 0 Å². The van der Waals surface area contributed by atoms with Gasteiger partial charge in [0.25, 0.3) is 5.78 Å². The Balaban J connectivity index is 1.77. The van der Waals surface area contributed by atoms with Crippen LogP contribution in [0.1, 0.15) is 16.2 Å². The number of H-pyrrole nitrogens is 1. The van der Waals surface area contributed by atoms with Crippen LogP contribution in [0, 0.1) is 6.92 Å². The van der Waals surface area contributed by atoms with Gasteiger partial charge in [-0.3, -0.25) is 5.10 Å². The summed E-state index contributed by atoms with van der Waals surface area (Å²) in [5, 5.41) is 20.1. The van der Waals surface area contributed by atoms with Crippen molar-refractivity contribution in [2.75, 3.05) is 0 Å². The molecule has 0 atom stereocenters. The van der Waals surface area contributed by atoms with Crippen molar-refractivity contribution in [2.24, 2.45) is 0 Å². The molecule has 1 aromatic carbocycles. The highest BCUT2D eigenvalue weighted by Crippen LogP contribution is 2.26. The number of hydrogen-bond donors (Lipinski definition) is 2. The number of nitrogens with zero attached hydrogens (tertiary/aromatic N) is 5. The van der Waals surface area contributed by atoms with Crippen molar-refractivity contribution in [1.29, 1.82) is 0 Å². The van der Waals surface area contributed by atoms with Gasteiger partial charge in [0.2, 0.25) is 5.88 Å². The van der Waals surface area contributed by atoms with E-state index in [-0.39, 0.29) is 5.69 Å². The molecule has 2 N–H and O–H groups in total. The lowest BCUT2D eigenvalue weighted by atomic mass is 10.2. The van der Waals surface area contributed by atoms with Crippen molar-refractivity contribution in [3.05, 3.63) is 42.0 Å². The van der Waals surface area contributed by atoms with Crippen LogP contribution in [-0.4, -0.2) is 40.9 Å². The van der Waals surface area contributed by atoms with Crippen LogP contribution in [0.2, 0.25) is 0 Å². The van der Waals surface area contributed by atoms with E-state index in [1.54, 1.807) is 24.3 Å². The van der Waals surface area contributed by atoms with Crippen LogP contribution < -0.4 is 4.74 Å². The predicted octanol–water partition coefficient (Wildman–Crippen LogP) is 1.80. The molecule has 0 saturated carbocycles. The number of aromatic carboxylic acids is 1. The minimum atomic E-state index is -1.08. The van der Waals surface area contributed by atoms with E-state index >= 15 is 0 Å². The van der Waals surface area contributed by atoms with Gasteiger partial charge in [0.15, 0.2) is 5.69 Å². The maximum Gasteiger partial charge on any atom is 0.357 e. The Hall–Kier alpha value is -3.49. The fourth-order valence-electron chi connectivity index (χ4n) is 2.32. The number of aromatic amines is 1. The molecule has 0 fully saturated rings. The fourth-order valence-corrected chi connectivity index (χ4v) is 2.32. The zero-order valence-electron chi connectivity index (χ0n) is 11.9. The minimum Gasteiger partial charge on any atom is -0.476 e. The third kappa shape index (κ3) is 2.14. The number of carbonyl (C=O) groups is 1. The van der Waals surface area contributed by atoms with Gasteiger partial charge in [-0.25, -0.2) is 9.78 Å². The number of hydrogen-bond acceptors (Lipinski definition) is 6. The molecule has 0 radical (unpaired) electrons. The topological polar surface area (TPSA) is 118 Å². The Morgan fingerprint density at radius 3 is 3.04 bits per heavy atom. The maximum atomic E-state index is 11.1. The van der Waals surface area contributed by atoms with E-state index in [1.807, 2.05) is 6.92 Å². The molecule has 0 saturated heterocycles. The summed E-state index contributed by atoms with van der Waals surface area (Å²) in [6.45, 7) is 1.83. The zero-order valence-corrected chi connectivity index (χ0v) is 11.9. The highest BCUT2D eigenvalue weighted by molar-refractivity contribution is 6.01. The van der Waals surface area contributed by atoms with E-state index in [4.69, 9.17) is 9.84 Å². The number of fused-ring (bicyclic) bond motifs is 2. The van der Waals surface area contributed by atoms with Crippen LogP contribution in [0.25, 0.3) is 16.7 Å². The van der Waals surface area contributed by atoms with Crippen molar-refractivity contribution in [1.82, 2.24) is 29.8 Å². The van der Waals surface area contributed by atoms with E-state index in [1.165, 1.54) is 10.8 Å². The summed E-state index contributed by atoms with van der Waals surface area (Å²) in [5.74, 6) is 0.331. The first-order valence-corrected chi connectivity index (χ1v) is 6.68. The van der Waals surface area contributed by atoms with Crippen LogP contribution in [0.3, 0.4) is 0 Å². The lowest BCUT2D eigenvalue weighted by Crippen LogP contribution is -1.99. The summed E-state index contributed by atoms with van der Waals surface area (Å²) in [4.78, 5) is 19.3. The number of aryl methyl sites for hydroxylation is 1. The summed E-state index contributed by atoms with van der Waals surface area (Å²) in [7, 11) is 0. The number of rotatable bonds is 3. The number of benzene rings is 1. The number of nitrogens with one attached hydrogen (secondary N) is 1. The van der Waals surface area contributed by atoms with Crippen molar-refractivity contribution in [3.8, 4) is 11.6 Å². The van der Waals surface area contributed by atoms with Crippen LogP contribution in [0.15, 0.2) is 30.6 Å². The van der Waals surface area contributed by atoms with E-state index < -0.39 is 5.97 Å². The Morgan fingerprint density at radius 2 is 2.22 bits per heavy atom. The summed E-state index contributed by atoms with van der Waals surface area (Å²) >= 11 is 0. The standard InChI is InChI=1S/C14H10N6O3/c1-7-4-11(20-14(17-7)15-6-16-20)23-8-2-3-9-10(5-8)18-19-12(9)13(21)22/h2-6H,1H3,(H,18,19)(H,21,22). The molecule has 4 aromatic rings. The van der Waals surface area contributed by atoms with Crippen molar-refractivity contribution >= 4 is 22.6 Å². The average molecular weight is 310 g/mol. The normalized spacial score (nSPS) is 11.2. The Bertz CT molecular complexity index is 1050. The zero-order chi connectivity index (χ0) is 16.0. The van der Waals surface area contributed by atoms with Crippen molar-refractivity contribution < 1.29 is 14.6 Å². The molecular formula is C14H10N6O3. The first-order valence-electron chi connectivity index (χ1n) is 6.68. The predicted molar refractivity (Wildman–Crippen MR) is 78.6 cm³/mol. The van der Waals surface area contributed by atoms with Gasteiger partial charge < -0.3 is 9.84 Å². The molecule has 9 nitrogen and oxygen atoms in total. The molecule has 114 valence electrons. The number of carboxylic acids is 1. The molecule has 3 aromatic heterocycles. The Morgan fingerprint density at radius 1 is 1.35 bits per heavy atom. The van der Waals surface area contributed by atoms with E-state index in [9.17, 15) is 4.79 Å². The van der Waals surface area contributed by atoms with E-state index in [0.717, 1.165) is 5.69 Å². The third-order valence-corrected chi connectivity index (χ3v) is 3.31. The van der Waals surface area contributed by atoms with Crippen LogP contribution in [-0.2, 0) is 0 Å². The summed E-state index contributed by atoms with van der Waals surface area (Å²) in [5.41, 5.74) is 1.29. The number of aromatic nitrogens is 6. The van der Waals surface area contributed by atoms with Gasteiger partial charge in [-0.2, -0.15) is 19.7 Å². The molecular weight excluding hydrogens is 300 g/mol. The molecule has 0 unspecified atom stereocenters. The molecule has 0 aliphatic rings. The van der Waals surface area contributed by atoms with Gasteiger partial charge in [-0.05, 0) is 19.1 Å². The first-order chi connectivity index (χ1) is 11.1. The lowest BCUT2D eigenvalue weighted by molar-refractivity contribution is 0.0692. The summed E-state index contributed by atoms with van der Waals surface area (Å²) in [6, 6.07) is 6.72. The third-order valence-electron chi connectivity index (χ3n) is 3.31. The van der Waals surface area contributed by atoms with E-state index in [0.29, 0.717) is 28.3 Å². The van der Waals surface area contributed by atoms with Gasteiger partial charge in [-0.15, -0.1) is 0 Å². The van der Waals surface area contributed by atoms with Crippen LogP contribution >= 0.6 is 0 Å². The Kier molecular flexibility index (Phi) is 2.73. The maximum absolute atomic E-state index is 11.1. The monoisotopic (exact) mass is 310 g/mol. The van der Waals surface area contributed by atoms with Crippen molar-refractivity contribution in [3.63, 3.8) is 0 Å². The highest BCUT2D eigenvalue weighted by Gasteiger charge is 2.14. The molecule has 0 aliphatic heterocycles. The van der Waals surface area contributed by atoms with E-state index in [2.05, 4.69) is 25.3 Å². The molecule has 3 heterocycles. The molecule has 0 aliphatic carbocycles. The summed E-state index contributed by atoms with van der Waals surface area (Å²) < 4.78 is 7.31. The van der Waals surface area contributed by atoms with Crippen molar-refractivity contribution in [2.45, 2.75) is 6.92 Å². The Labute approximate surface area is 128 Å². The molecule has 4 rings (SSSR count). The largest absolute Gasteiger partial charge is 0.476 e. The van der Waals surface area contributed by atoms with Gasteiger partial charge in [0.1, 0.15) is 12.1 Å². The van der Waals surface area contributed by atoms with Gasteiger partial charge in [0, 0.05) is 23.2 Å². The average Bonchev–Trinajstić information content (AvgIpc) is 3.12. The fraction of sp³-hybridized carbons (Fsp3) is 0.0714. The van der Waals surface area contributed by atoms with Crippen LogP contribution in [0.5, 0.6) is 11.6 Å². The summed E-state index contributed by atoms with van der Waals surface area (Å²) in [6.07, 6.45) is 1.39. The first kappa shape index (κ1) is 13.2. The second-order valence-electron chi connectivity index (χ2n) is 4.89. The second-order valence-corrected chi connectivity index (χ2v) is 4.89. The SMILES string of the molecule is Cc1cc(Oc2ccc3c(C(=O)O)n[nH]c3c2)n2ncnc2n1.